The van der Waals surface area contributed by atoms with Gasteiger partial charge in [-0.3, -0.25) is 4.79 Å². The van der Waals surface area contributed by atoms with Crippen molar-refractivity contribution in [3.8, 4) is 22.5 Å². The van der Waals surface area contributed by atoms with Gasteiger partial charge in [0, 0.05) is 54.5 Å². The van der Waals surface area contributed by atoms with E-state index in [9.17, 15) is 4.79 Å². The van der Waals surface area contributed by atoms with Crippen molar-refractivity contribution in [3.63, 3.8) is 0 Å². The third-order valence-electron chi connectivity index (χ3n) is 6.59. The van der Waals surface area contributed by atoms with Crippen molar-refractivity contribution in [1.29, 1.82) is 0 Å². The highest BCUT2D eigenvalue weighted by Crippen LogP contribution is 2.30. The number of fused-ring (bicyclic) bond motifs is 1. The number of hydrogen-bond acceptors (Lipinski definition) is 6. The number of piperidine rings is 1. The minimum atomic E-state index is -0.0910. The number of carbonyl (C=O) groups is 1. The van der Waals surface area contributed by atoms with Gasteiger partial charge in [0.25, 0.3) is 0 Å². The molecular formula is C27H26N6OS. The molecule has 4 heterocycles. The molecule has 6 rings (SSSR count). The molecule has 35 heavy (non-hydrogen) atoms. The number of amides is 1. The Hall–Kier alpha value is -3.65. The van der Waals surface area contributed by atoms with Crippen molar-refractivity contribution in [1.82, 2.24) is 19.5 Å². The molecule has 1 atom stereocenters. The molecule has 2 aliphatic rings. The second kappa shape index (κ2) is 9.54. The lowest BCUT2D eigenvalue weighted by atomic mass is 9.97. The van der Waals surface area contributed by atoms with E-state index < -0.39 is 0 Å². The fourth-order valence-electron chi connectivity index (χ4n) is 4.70. The Morgan fingerprint density at radius 1 is 0.971 bits per heavy atom. The van der Waals surface area contributed by atoms with E-state index >= 15 is 0 Å². The summed E-state index contributed by atoms with van der Waals surface area (Å²) in [7, 11) is 0. The van der Waals surface area contributed by atoms with E-state index in [0.717, 1.165) is 70.9 Å². The molecule has 1 N–H and O–H groups in total. The monoisotopic (exact) mass is 482 g/mol. The number of hydrogen-bond donors (Lipinski definition) is 1. The zero-order valence-corrected chi connectivity index (χ0v) is 20.1. The van der Waals surface area contributed by atoms with Crippen molar-refractivity contribution in [2.75, 3.05) is 29.1 Å². The van der Waals surface area contributed by atoms with E-state index in [1.54, 1.807) is 18.1 Å². The van der Waals surface area contributed by atoms with Crippen LogP contribution in [0.5, 0.6) is 0 Å². The molecule has 1 unspecified atom stereocenters. The first-order valence-corrected chi connectivity index (χ1v) is 13.0. The summed E-state index contributed by atoms with van der Waals surface area (Å²) in [6.45, 7) is 2.55. The van der Waals surface area contributed by atoms with Gasteiger partial charge in [0.15, 0.2) is 5.16 Å². The maximum absolute atomic E-state index is 13.1. The smallest absolute Gasteiger partial charge is 0.229 e. The van der Waals surface area contributed by atoms with E-state index in [1.165, 1.54) is 0 Å². The van der Waals surface area contributed by atoms with Gasteiger partial charge in [-0.2, -0.15) is 0 Å². The molecule has 2 aromatic carbocycles. The standard InChI is InChI=1S/C27H26N6OS/c34-26(30-22-10-8-20(9-11-22)24-17-33-13-14-35-27(33)31-24)21-7-4-12-32(16-21)25-15-23(28-18-29-25)19-5-2-1-3-6-19/h1-3,5-6,8-11,15,17-18,21H,4,7,12-14,16H2,(H,30,34). The molecule has 176 valence electrons. The quantitative estimate of drug-likeness (QED) is 0.433. The van der Waals surface area contributed by atoms with Gasteiger partial charge in [-0.15, -0.1) is 0 Å². The summed E-state index contributed by atoms with van der Waals surface area (Å²) in [5, 5.41) is 4.19. The topological polar surface area (TPSA) is 75.9 Å². The molecule has 2 aromatic heterocycles. The summed E-state index contributed by atoms with van der Waals surface area (Å²) < 4.78 is 2.20. The molecule has 0 saturated carbocycles. The Morgan fingerprint density at radius 3 is 2.63 bits per heavy atom. The van der Waals surface area contributed by atoms with Crippen LogP contribution >= 0.6 is 11.8 Å². The van der Waals surface area contributed by atoms with Crippen molar-refractivity contribution < 1.29 is 4.79 Å². The second-order valence-corrected chi connectivity index (χ2v) is 9.99. The van der Waals surface area contributed by atoms with E-state index in [4.69, 9.17) is 4.98 Å². The van der Waals surface area contributed by atoms with Crippen molar-refractivity contribution in [2.45, 2.75) is 24.5 Å². The van der Waals surface area contributed by atoms with E-state index in [0.29, 0.717) is 6.54 Å². The number of aryl methyl sites for hydroxylation is 1. The fraction of sp³-hybridized carbons (Fsp3) is 0.259. The van der Waals surface area contributed by atoms with Gasteiger partial charge in [0.2, 0.25) is 5.91 Å². The number of anilines is 2. The maximum atomic E-state index is 13.1. The molecule has 1 amide bonds. The summed E-state index contributed by atoms with van der Waals surface area (Å²) in [4.78, 5) is 28.9. The number of carbonyl (C=O) groups excluding carboxylic acids is 1. The Bertz CT molecular complexity index is 1320. The number of rotatable bonds is 5. The van der Waals surface area contributed by atoms with Crippen LogP contribution in [0.15, 0.2) is 78.3 Å². The van der Waals surface area contributed by atoms with Crippen molar-refractivity contribution >= 4 is 29.2 Å². The van der Waals surface area contributed by atoms with Crippen LogP contribution in [0.3, 0.4) is 0 Å². The second-order valence-electron chi connectivity index (χ2n) is 8.93. The molecule has 0 spiro atoms. The Morgan fingerprint density at radius 2 is 1.80 bits per heavy atom. The lowest BCUT2D eigenvalue weighted by Gasteiger charge is -2.33. The summed E-state index contributed by atoms with van der Waals surface area (Å²) in [6, 6.07) is 20.1. The van der Waals surface area contributed by atoms with Gasteiger partial charge in [0.1, 0.15) is 12.1 Å². The average Bonchev–Trinajstić information content (AvgIpc) is 3.53. The maximum Gasteiger partial charge on any atom is 0.229 e. The first-order chi connectivity index (χ1) is 17.2. The molecule has 0 aliphatic carbocycles. The molecule has 7 nitrogen and oxygen atoms in total. The van der Waals surface area contributed by atoms with Crippen LogP contribution in [0.1, 0.15) is 12.8 Å². The van der Waals surface area contributed by atoms with Crippen LogP contribution in [0.25, 0.3) is 22.5 Å². The average molecular weight is 483 g/mol. The van der Waals surface area contributed by atoms with Crippen molar-refractivity contribution in [2.24, 2.45) is 5.92 Å². The first kappa shape index (κ1) is 21.9. The highest BCUT2D eigenvalue weighted by Gasteiger charge is 2.27. The number of imidazole rings is 1. The summed E-state index contributed by atoms with van der Waals surface area (Å²) in [6.07, 6.45) is 5.53. The number of aromatic nitrogens is 4. The zero-order chi connectivity index (χ0) is 23.6. The van der Waals surface area contributed by atoms with Gasteiger partial charge in [0.05, 0.1) is 17.3 Å². The van der Waals surface area contributed by atoms with E-state index in [-0.39, 0.29) is 11.8 Å². The molecule has 8 heteroatoms. The summed E-state index contributed by atoms with van der Waals surface area (Å²) in [5.41, 5.74) is 4.80. The van der Waals surface area contributed by atoms with Gasteiger partial charge >= 0.3 is 0 Å². The number of benzene rings is 2. The van der Waals surface area contributed by atoms with Gasteiger partial charge < -0.3 is 14.8 Å². The predicted octanol–water partition coefficient (Wildman–Crippen LogP) is 4.97. The molecular weight excluding hydrogens is 456 g/mol. The number of nitrogens with zero attached hydrogens (tertiary/aromatic N) is 5. The lowest BCUT2D eigenvalue weighted by Crippen LogP contribution is -2.41. The SMILES string of the molecule is O=C(Nc1ccc(-c2cn3c(n2)SCC3)cc1)C1CCCN(c2cc(-c3ccccc3)ncn2)C1. The molecule has 0 radical (unpaired) electrons. The predicted molar refractivity (Wildman–Crippen MR) is 139 cm³/mol. The third kappa shape index (κ3) is 4.66. The highest BCUT2D eigenvalue weighted by molar-refractivity contribution is 7.99. The zero-order valence-electron chi connectivity index (χ0n) is 19.3. The largest absolute Gasteiger partial charge is 0.356 e. The first-order valence-electron chi connectivity index (χ1n) is 12.0. The molecule has 2 aliphatic heterocycles. The Balaban J connectivity index is 1.11. The number of thioether (sulfide) groups is 1. The fourth-order valence-corrected chi connectivity index (χ4v) is 5.65. The van der Waals surface area contributed by atoms with Crippen LogP contribution < -0.4 is 10.2 Å². The van der Waals surface area contributed by atoms with Crippen molar-refractivity contribution in [3.05, 3.63) is 73.2 Å². The van der Waals surface area contributed by atoms with Crippen LogP contribution in [-0.4, -0.2) is 44.3 Å². The summed E-state index contributed by atoms with van der Waals surface area (Å²) in [5.74, 6) is 1.92. The van der Waals surface area contributed by atoms with Gasteiger partial charge in [-0.05, 0) is 25.0 Å². The van der Waals surface area contributed by atoms with Crippen LogP contribution in [-0.2, 0) is 11.3 Å². The molecule has 1 saturated heterocycles. The van der Waals surface area contributed by atoms with Gasteiger partial charge in [-0.25, -0.2) is 15.0 Å². The van der Waals surface area contributed by atoms with Gasteiger partial charge in [-0.1, -0.05) is 54.2 Å². The lowest BCUT2D eigenvalue weighted by molar-refractivity contribution is -0.120. The Kier molecular flexibility index (Phi) is 5.96. The molecule has 4 aromatic rings. The van der Waals surface area contributed by atoms with Crippen LogP contribution in [0.4, 0.5) is 11.5 Å². The van der Waals surface area contributed by atoms with E-state index in [1.807, 2.05) is 60.7 Å². The van der Waals surface area contributed by atoms with Crippen LogP contribution in [0, 0.1) is 5.92 Å². The summed E-state index contributed by atoms with van der Waals surface area (Å²) >= 11 is 1.79. The molecule has 1 fully saturated rings. The highest BCUT2D eigenvalue weighted by atomic mass is 32.2. The third-order valence-corrected chi connectivity index (χ3v) is 7.56. The number of nitrogens with one attached hydrogen (secondary N) is 1. The normalized spacial score (nSPS) is 17.3. The Labute approximate surface area is 208 Å². The van der Waals surface area contributed by atoms with Crippen LogP contribution in [0.2, 0.25) is 0 Å². The van der Waals surface area contributed by atoms with E-state index in [2.05, 4.69) is 30.9 Å². The minimum Gasteiger partial charge on any atom is -0.356 e. The molecule has 0 bridgehead atoms. The minimum absolute atomic E-state index is 0.0529.